The van der Waals surface area contributed by atoms with E-state index in [0.29, 0.717) is 0 Å². The molecule has 0 unspecified atom stereocenters. The topological polar surface area (TPSA) is 34.9 Å². The molecule has 1 aromatic heterocycles. The van der Waals surface area contributed by atoms with Gasteiger partial charge in [-0.3, -0.25) is 9.48 Å². The smallest absolute Gasteiger partial charge is 0.142 e. The number of hydrogen-bond donors (Lipinski definition) is 0. The highest BCUT2D eigenvalue weighted by atomic mass is 16.1. The van der Waals surface area contributed by atoms with Crippen LogP contribution in [0.15, 0.2) is 12.3 Å². The van der Waals surface area contributed by atoms with E-state index in [4.69, 9.17) is 0 Å². The Hall–Kier alpha value is -1.38. The molecule has 0 spiro atoms. The van der Waals surface area contributed by atoms with Gasteiger partial charge in [0.1, 0.15) is 6.29 Å². The van der Waals surface area contributed by atoms with Gasteiger partial charge in [0.05, 0.1) is 6.20 Å². The lowest BCUT2D eigenvalue weighted by Gasteiger charge is -2.00. The Kier molecular flexibility index (Phi) is 3.43. The zero-order valence-electron chi connectivity index (χ0n) is 8.03. The molecule has 70 valence electrons. The molecule has 0 atom stereocenters. The molecule has 1 aromatic rings. The zero-order chi connectivity index (χ0) is 9.68. The van der Waals surface area contributed by atoms with Crippen molar-refractivity contribution < 1.29 is 4.79 Å². The summed E-state index contributed by atoms with van der Waals surface area (Å²) in [7, 11) is 0. The van der Waals surface area contributed by atoms with Crippen LogP contribution in [0.2, 0.25) is 0 Å². The van der Waals surface area contributed by atoms with Crippen LogP contribution in [0.5, 0.6) is 0 Å². The molecule has 0 amide bonds. The van der Waals surface area contributed by atoms with E-state index in [-0.39, 0.29) is 0 Å². The number of hydrogen-bond acceptors (Lipinski definition) is 2. The Labute approximate surface area is 78.1 Å². The number of carbonyl (C=O) groups is 1. The predicted octanol–water partition coefficient (Wildman–Crippen LogP) is 1.81. The van der Waals surface area contributed by atoms with E-state index in [1.54, 1.807) is 12.3 Å². The van der Waals surface area contributed by atoms with Gasteiger partial charge in [-0.25, -0.2) is 0 Å². The second-order valence-corrected chi connectivity index (χ2v) is 2.90. The number of aromatic nitrogens is 2. The van der Waals surface area contributed by atoms with E-state index in [1.807, 2.05) is 11.6 Å². The highest BCUT2D eigenvalue weighted by molar-refractivity contribution is 5.74. The molecule has 0 aliphatic heterocycles. The van der Waals surface area contributed by atoms with Gasteiger partial charge in [0.25, 0.3) is 0 Å². The Morgan fingerprint density at radius 1 is 1.62 bits per heavy atom. The Balaban J connectivity index is 2.85. The molecular weight excluding hydrogens is 164 g/mol. The van der Waals surface area contributed by atoms with Crippen LogP contribution in [-0.4, -0.2) is 16.1 Å². The van der Waals surface area contributed by atoms with Crippen molar-refractivity contribution in [1.29, 1.82) is 0 Å². The van der Waals surface area contributed by atoms with Gasteiger partial charge >= 0.3 is 0 Å². The lowest BCUT2D eigenvalue weighted by Crippen LogP contribution is -2.00. The summed E-state index contributed by atoms with van der Waals surface area (Å²) >= 11 is 0. The first-order valence-electron chi connectivity index (χ1n) is 4.43. The minimum absolute atomic E-state index is 0.774. The Morgan fingerprint density at radius 3 is 3.00 bits per heavy atom. The summed E-state index contributed by atoms with van der Waals surface area (Å²) in [6.45, 7) is 5.05. The van der Waals surface area contributed by atoms with Crippen LogP contribution >= 0.6 is 0 Å². The third kappa shape index (κ3) is 2.28. The van der Waals surface area contributed by atoms with Crippen molar-refractivity contribution in [2.75, 3.05) is 0 Å². The molecule has 3 heteroatoms. The summed E-state index contributed by atoms with van der Waals surface area (Å²) in [6, 6.07) is 0. The zero-order valence-corrected chi connectivity index (χ0v) is 8.03. The van der Waals surface area contributed by atoms with Crippen LogP contribution in [0.25, 0.3) is 6.08 Å². The fourth-order valence-electron chi connectivity index (χ4n) is 1.20. The molecular formula is C10H14N2O. The second kappa shape index (κ2) is 4.60. The summed E-state index contributed by atoms with van der Waals surface area (Å²) in [5.74, 6) is 0. The van der Waals surface area contributed by atoms with E-state index < -0.39 is 0 Å². The molecule has 0 radical (unpaired) electrons. The Morgan fingerprint density at radius 2 is 2.38 bits per heavy atom. The average molecular weight is 178 g/mol. The van der Waals surface area contributed by atoms with Gasteiger partial charge in [0, 0.05) is 17.8 Å². The molecule has 0 aromatic carbocycles. The number of rotatable bonds is 4. The van der Waals surface area contributed by atoms with Crippen molar-refractivity contribution in [3.8, 4) is 0 Å². The van der Waals surface area contributed by atoms with Gasteiger partial charge in [-0.2, -0.15) is 5.10 Å². The lowest BCUT2D eigenvalue weighted by atomic mass is 10.2. The normalized spacial score (nSPS) is 10.9. The first-order chi connectivity index (χ1) is 6.29. The second-order valence-electron chi connectivity index (χ2n) is 2.90. The standard InChI is InChI=1S/C10H14N2O/c1-3-6-12-9(2)10(8-11-12)5-4-7-13/h4-5,7-8H,3,6H2,1-2H3. The summed E-state index contributed by atoms with van der Waals surface area (Å²) in [5, 5.41) is 4.21. The van der Waals surface area contributed by atoms with E-state index in [2.05, 4.69) is 12.0 Å². The average Bonchev–Trinajstić information content (AvgIpc) is 2.46. The lowest BCUT2D eigenvalue weighted by molar-refractivity contribution is -0.104. The minimum atomic E-state index is 0.774. The summed E-state index contributed by atoms with van der Waals surface area (Å²) < 4.78 is 1.95. The first kappa shape index (κ1) is 9.71. The predicted molar refractivity (Wildman–Crippen MR) is 52.4 cm³/mol. The maximum absolute atomic E-state index is 10.1. The van der Waals surface area contributed by atoms with E-state index >= 15 is 0 Å². The third-order valence-corrected chi connectivity index (χ3v) is 1.93. The van der Waals surface area contributed by atoms with Gasteiger partial charge in [0.15, 0.2) is 0 Å². The van der Waals surface area contributed by atoms with Crippen molar-refractivity contribution >= 4 is 12.4 Å². The number of nitrogens with zero attached hydrogens (tertiary/aromatic N) is 2. The van der Waals surface area contributed by atoms with Gasteiger partial charge in [-0.05, 0) is 25.5 Å². The SMILES string of the molecule is CCCn1ncc(C=CC=O)c1C. The fourth-order valence-corrected chi connectivity index (χ4v) is 1.20. The van der Waals surface area contributed by atoms with Crippen LogP contribution in [0.3, 0.4) is 0 Å². The van der Waals surface area contributed by atoms with Crippen LogP contribution < -0.4 is 0 Å². The molecule has 1 heterocycles. The monoisotopic (exact) mass is 178 g/mol. The third-order valence-electron chi connectivity index (χ3n) is 1.93. The maximum Gasteiger partial charge on any atom is 0.142 e. The molecule has 1 rings (SSSR count). The summed E-state index contributed by atoms with van der Waals surface area (Å²) in [5.41, 5.74) is 2.13. The van der Waals surface area contributed by atoms with Crippen molar-refractivity contribution in [3.63, 3.8) is 0 Å². The van der Waals surface area contributed by atoms with Crippen LogP contribution in [0.1, 0.15) is 24.6 Å². The first-order valence-corrected chi connectivity index (χ1v) is 4.43. The quantitative estimate of drug-likeness (QED) is 0.520. The van der Waals surface area contributed by atoms with Crippen molar-refractivity contribution in [2.45, 2.75) is 26.8 Å². The Bertz CT molecular complexity index is 313. The van der Waals surface area contributed by atoms with E-state index in [9.17, 15) is 4.79 Å². The van der Waals surface area contributed by atoms with Crippen LogP contribution in [0.4, 0.5) is 0 Å². The number of carbonyl (C=O) groups excluding carboxylic acids is 1. The molecule has 0 fully saturated rings. The molecule has 3 nitrogen and oxygen atoms in total. The van der Waals surface area contributed by atoms with E-state index in [1.165, 1.54) is 6.08 Å². The molecule has 0 aliphatic carbocycles. The molecule has 0 saturated heterocycles. The van der Waals surface area contributed by atoms with Gasteiger partial charge in [-0.1, -0.05) is 6.92 Å². The fraction of sp³-hybridized carbons (Fsp3) is 0.400. The minimum Gasteiger partial charge on any atom is -0.299 e. The van der Waals surface area contributed by atoms with Gasteiger partial charge in [0.2, 0.25) is 0 Å². The molecule has 0 aliphatic rings. The number of allylic oxidation sites excluding steroid dienone is 1. The van der Waals surface area contributed by atoms with Gasteiger partial charge in [-0.15, -0.1) is 0 Å². The summed E-state index contributed by atoms with van der Waals surface area (Å²) in [4.78, 5) is 10.1. The highest BCUT2D eigenvalue weighted by Crippen LogP contribution is 2.09. The maximum atomic E-state index is 10.1. The van der Waals surface area contributed by atoms with Crippen LogP contribution in [-0.2, 0) is 11.3 Å². The summed E-state index contributed by atoms with van der Waals surface area (Å²) in [6.07, 6.45) is 6.89. The van der Waals surface area contributed by atoms with Crippen LogP contribution in [0, 0.1) is 6.92 Å². The molecule has 13 heavy (non-hydrogen) atoms. The van der Waals surface area contributed by atoms with Crippen molar-refractivity contribution in [1.82, 2.24) is 9.78 Å². The molecule has 0 bridgehead atoms. The van der Waals surface area contributed by atoms with Crippen molar-refractivity contribution in [2.24, 2.45) is 0 Å². The van der Waals surface area contributed by atoms with Crippen molar-refractivity contribution in [3.05, 3.63) is 23.5 Å². The number of aldehydes is 1. The highest BCUT2D eigenvalue weighted by Gasteiger charge is 2.01. The van der Waals surface area contributed by atoms with E-state index in [0.717, 1.165) is 30.5 Å². The molecule has 0 saturated carbocycles. The molecule has 0 N–H and O–H groups in total. The number of aryl methyl sites for hydroxylation is 1. The van der Waals surface area contributed by atoms with Gasteiger partial charge < -0.3 is 0 Å². The largest absolute Gasteiger partial charge is 0.299 e.